The minimum Gasteiger partial charge on any atom is -0.387 e. The molecule has 17 heavy (non-hydrogen) atoms. The fourth-order valence-corrected chi connectivity index (χ4v) is 2.60. The van der Waals surface area contributed by atoms with Gasteiger partial charge < -0.3 is 5.32 Å². The van der Waals surface area contributed by atoms with Gasteiger partial charge in [-0.3, -0.25) is 0 Å². The fraction of sp³-hybridized carbons (Fsp3) is 0.308. The molecule has 0 spiro atoms. The van der Waals surface area contributed by atoms with E-state index in [0.29, 0.717) is 5.52 Å². The van der Waals surface area contributed by atoms with Crippen LogP contribution in [0.25, 0.3) is 10.9 Å². The Bertz CT molecular complexity index is 581. The van der Waals surface area contributed by atoms with Crippen LogP contribution in [0.4, 0.5) is 10.1 Å². The largest absolute Gasteiger partial charge is 0.387 e. The number of hydrogen-bond donors (Lipinski definition) is 1. The summed E-state index contributed by atoms with van der Waals surface area (Å²) < 4.78 is 14.6. The Morgan fingerprint density at radius 2 is 2.12 bits per heavy atom. The SMILES string of the molecule is CCc1c(C)nc2c(F)cc(Br)cc2c1NC. The molecular weight excluding hydrogens is 283 g/mol. The molecule has 0 unspecified atom stereocenters. The van der Waals surface area contributed by atoms with Crippen molar-refractivity contribution < 1.29 is 4.39 Å². The van der Waals surface area contributed by atoms with Gasteiger partial charge in [0.05, 0.1) is 0 Å². The van der Waals surface area contributed by atoms with Gasteiger partial charge in [0.15, 0.2) is 5.82 Å². The quantitative estimate of drug-likeness (QED) is 0.904. The van der Waals surface area contributed by atoms with Gasteiger partial charge >= 0.3 is 0 Å². The summed E-state index contributed by atoms with van der Waals surface area (Å²) in [6, 6.07) is 3.34. The first-order chi connectivity index (χ1) is 8.08. The van der Waals surface area contributed by atoms with Crippen LogP contribution in [-0.2, 0) is 6.42 Å². The summed E-state index contributed by atoms with van der Waals surface area (Å²) in [4.78, 5) is 4.36. The fourth-order valence-electron chi connectivity index (χ4n) is 2.17. The summed E-state index contributed by atoms with van der Waals surface area (Å²) in [5, 5.41) is 3.98. The Morgan fingerprint density at radius 1 is 1.41 bits per heavy atom. The first-order valence-electron chi connectivity index (χ1n) is 5.54. The van der Waals surface area contributed by atoms with Gasteiger partial charge in [0.2, 0.25) is 0 Å². The number of anilines is 1. The van der Waals surface area contributed by atoms with Crippen molar-refractivity contribution in [1.29, 1.82) is 0 Å². The summed E-state index contributed by atoms with van der Waals surface area (Å²) >= 11 is 3.32. The monoisotopic (exact) mass is 296 g/mol. The Labute approximate surface area is 108 Å². The highest BCUT2D eigenvalue weighted by Crippen LogP contribution is 2.32. The van der Waals surface area contributed by atoms with Crippen molar-refractivity contribution in [2.75, 3.05) is 12.4 Å². The minimum absolute atomic E-state index is 0.295. The second-order valence-corrected chi connectivity index (χ2v) is 4.85. The standard InChI is InChI=1S/C13H14BrFN2/c1-4-9-7(2)17-13-10(12(9)16-3)5-8(14)6-11(13)15/h5-6H,4H2,1-3H3,(H,16,17). The van der Waals surface area contributed by atoms with Crippen molar-refractivity contribution in [1.82, 2.24) is 4.98 Å². The molecule has 0 atom stereocenters. The molecule has 2 nitrogen and oxygen atoms in total. The van der Waals surface area contributed by atoms with E-state index >= 15 is 0 Å². The number of nitrogens with one attached hydrogen (secondary N) is 1. The number of pyridine rings is 1. The molecule has 0 amide bonds. The lowest BCUT2D eigenvalue weighted by molar-refractivity contribution is 0.635. The van der Waals surface area contributed by atoms with Crippen LogP contribution in [0.5, 0.6) is 0 Å². The van der Waals surface area contributed by atoms with E-state index in [2.05, 4.69) is 33.2 Å². The van der Waals surface area contributed by atoms with Crippen LogP contribution in [0.1, 0.15) is 18.2 Å². The zero-order valence-electron chi connectivity index (χ0n) is 10.1. The molecule has 2 rings (SSSR count). The maximum Gasteiger partial charge on any atom is 0.150 e. The first kappa shape index (κ1) is 12.3. The van der Waals surface area contributed by atoms with E-state index in [0.717, 1.165) is 33.2 Å². The van der Waals surface area contributed by atoms with Crippen molar-refractivity contribution in [3.8, 4) is 0 Å². The van der Waals surface area contributed by atoms with Crippen LogP contribution < -0.4 is 5.32 Å². The highest BCUT2D eigenvalue weighted by Gasteiger charge is 2.13. The average molecular weight is 297 g/mol. The normalized spacial score (nSPS) is 10.9. The summed E-state index contributed by atoms with van der Waals surface area (Å²) in [5.74, 6) is -0.295. The lowest BCUT2D eigenvalue weighted by atomic mass is 10.0. The number of aromatic nitrogens is 1. The van der Waals surface area contributed by atoms with Crippen LogP contribution in [0.15, 0.2) is 16.6 Å². The van der Waals surface area contributed by atoms with Gasteiger partial charge in [0.25, 0.3) is 0 Å². The molecule has 0 radical (unpaired) electrons. The smallest absolute Gasteiger partial charge is 0.150 e. The van der Waals surface area contributed by atoms with E-state index in [9.17, 15) is 4.39 Å². The van der Waals surface area contributed by atoms with E-state index in [-0.39, 0.29) is 5.82 Å². The van der Waals surface area contributed by atoms with Crippen LogP contribution in [0.2, 0.25) is 0 Å². The Kier molecular flexibility index (Phi) is 3.33. The molecule has 1 aromatic heterocycles. The van der Waals surface area contributed by atoms with Gasteiger partial charge in [-0.15, -0.1) is 0 Å². The van der Waals surface area contributed by atoms with Gasteiger partial charge in [-0.05, 0) is 31.0 Å². The van der Waals surface area contributed by atoms with Crippen molar-refractivity contribution in [3.63, 3.8) is 0 Å². The van der Waals surface area contributed by atoms with Crippen LogP contribution >= 0.6 is 15.9 Å². The Morgan fingerprint density at radius 3 is 2.71 bits per heavy atom. The summed E-state index contributed by atoms with van der Waals surface area (Å²) in [5.41, 5.74) is 3.41. The zero-order chi connectivity index (χ0) is 12.6. The second kappa shape index (κ2) is 4.61. The van der Waals surface area contributed by atoms with Crippen molar-refractivity contribution in [2.24, 2.45) is 0 Å². The molecule has 90 valence electrons. The van der Waals surface area contributed by atoms with Crippen LogP contribution in [-0.4, -0.2) is 12.0 Å². The van der Waals surface area contributed by atoms with E-state index < -0.39 is 0 Å². The van der Waals surface area contributed by atoms with Gasteiger partial charge in [0.1, 0.15) is 5.52 Å². The molecular formula is C13H14BrFN2. The third-order valence-corrected chi connectivity index (χ3v) is 3.38. The number of fused-ring (bicyclic) bond motifs is 1. The predicted molar refractivity (Wildman–Crippen MR) is 73.1 cm³/mol. The third kappa shape index (κ3) is 2.02. The highest BCUT2D eigenvalue weighted by molar-refractivity contribution is 9.10. The summed E-state index contributed by atoms with van der Waals surface area (Å²) in [6.45, 7) is 3.99. The predicted octanol–water partition coefficient (Wildman–Crippen LogP) is 4.05. The number of hydrogen-bond acceptors (Lipinski definition) is 2. The molecule has 4 heteroatoms. The second-order valence-electron chi connectivity index (χ2n) is 3.94. The number of benzene rings is 1. The number of nitrogens with zero attached hydrogens (tertiary/aromatic N) is 1. The third-order valence-electron chi connectivity index (χ3n) is 2.92. The summed E-state index contributed by atoms with van der Waals surface area (Å²) in [6.07, 6.45) is 0.874. The molecule has 1 heterocycles. The zero-order valence-corrected chi connectivity index (χ0v) is 11.7. The lowest BCUT2D eigenvalue weighted by Gasteiger charge is -2.14. The number of rotatable bonds is 2. The molecule has 1 aromatic carbocycles. The minimum atomic E-state index is -0.295. The number of halogens is 2. The molecule has 0 aliphatic heterocycles. The van der Waals surface area contributed by atoms with E-state index in [4.69, 9.17) is 0 Å². The Balaban J connectivity index is 2.93. The van der Waals surface area contributed by atoms with Gasteiger partial charge in [0, 0.05) is 28.3 Å². The molecule has 0 aliphatic rings. The molecule has 0 saturated heterocycles. The maximum atomic E-state index is 13.9. The highest BCUT2D eigenvalue weighted by atomic mass is 79.9. The van der Waals surface area contributed by atoms with E-state index in [1.807, 2.05) is 20.0 Å². The lowest BCUT2D eigenvalue weighted by Crippen LogP contribution is -2.02. The topological polar surface area (TPSA) is 24.9 Å². The van der Waals surface area contributed by atoms with Gasteiger partial charge in [-0.25, -0.2) is 9.37 Å². The van der Waals surface area contributed by atoms with E-state index in [1.165, 1.54) is 6.07 Å². The van der Waals surface area contributed by atoms with Crippen molar-refractivity contribution in [2.45, 2.75) is 20.3 Å². The van der Waals surface area contributed by atoms with Crippen molar-refractivity contribution in [3.05, 3.63) is 33.7 Å². The van der Waals surface area contributed by atoms with Crippen molar-refractivity contribution >= 4 is 32.5 Å². The summed E-state index contributed by atoms with van der Waals surface area (Å²) in [7, 11) is 1.85. The maximum absolute atomic E-state index is 13.9. The molecule has 2 aromatic rings. The Hall–Kier alpha value is -1.16. The molecule has 0 saturated carbocycles. The molecule has 0 aliphatic carbocycles. The number of aryl methyl sites for hydroxylation is 1. The molecule has 0 bridgehead atoms. The van der Waals surface area contributed by atoms with E-state index in [1.54, 1.807) is 0 Å². The van der Waals surface area contributed by atoms with Crippen LogP contribution in [0.3, 0.4) is 0 Å². The van der Waals surface area contributed by atoms with Crippen LogP contribution in [0, 0.1) is 12.7 Å². The van der Waals surface area contributed by atoms with Gasteiger partial charge in [-0.2, -0.15) is 0 Å². The molecule has 0 fully saturated rings. The van der Waals surface area contributed by atoms with Gasteiger partial charge in [-0.1, -0.05) is 22.9 Å². The molecule has 1 N–H and O–H groups in total. The average Bonchev–Trinajstić information content (AvgIpc) is 2.28. The first-order valence-corrected chi connectivity index (χ1v) is 6.33.